The van der Waals surface area contributed by atoms with Gasteiger partial charge in [0.2, 0.25) is 0 Å². The topological polar surface area (TPSA) is 64.6 Å². The van der Waals surface area contributed by atoms with Crippen LogP contribution in [0.4, 0.5) is 5.69 Å². The Balaban J connectivity index is 1.75. The number of hydrogen-bond donors (Lipinski definition) is 1. The predicted molar refractivity (Wildman–Crippen MR) is 104 cm³/mol. The summed E-state index contributed by atoms with van der Waals surface area (Å²) < 4.78 is 9.57. The van der Waals surface area contributed by atoms with Crippen molar-refractivity contribution >= 4 is 17.6 Å². The molecule has 0 aliphatic heterocycles. The molecular formula is C22H21NO4. The van der Waals surface area contributed by atoms with E-state index in [1.165, 1.54) is 0 Å². The number of carbonyl (C=O) groups excluding carboxylic acids is 2. The lowest BCUT2D eigenvalue weighted by molar-refractivity contribution is -0.137. The molecule has 2 rings (SSSR count). The number of ether oxygens (including phenoxy) is 2. The largest absolute Gasteiger partial charge is 0.463 e. The molecule has 5 heteroatoms. The smallest absolute Gasteiger partial charge is 0.342 e. The molecule has 0 saturated heterocycles. The van der Waals surface area contributed by atoms with Crippen LogP contribution in [0.1, 0.15) is 29.3 Å². The van der Waals surface area contributed by atoms with Crippen LogP contribution in [-0.2, 0) is 14.3 Å². The van der Waals surface area contributed by atoms with E-state index in [1.807, 2.05) is 30.3 Å². The molecule has 0 fully saturated rings. The summed E-state index contributed by atoms with van der Waals surface area (Å²) in [6.45, 7) is 2.67. The fourth-order valence-electron chi connectivity index (χ4n) is 2.09. The van der Waals surface area contributed by atoms with Gasteiger partial charge in [0.1, 0.15) is 6.26 Å². The number of rotatable bonds is 7. The first-order valence-corrected chi connectivity index (χ1v) is 8.61. The van der Waals surface area contributed by atoms with Crippen LogP contribution < -0.4 is 5.32 Å². The zero-order chi connectivity index (χ0) is 19.3. The standard InChI is InChI=1S/C22H21NO4/c1-2-26-21(24)15-17-27-22(25)19-11-13-20(14-12-19)23-16-7-6-10-18-8-4-3-5-9-18/h3-5,8-9,11-15,17,23H,2,7,16H2,1H3/b17-15+. The summed E-state index contributed by atoms with van der Waals surface area (Å²) in [6, 6.07) is 16.7. The molecule has 2 aromatic rings. The van der Waals surface area contributed by atoms with Crippen LogP contribution in [0, 0.1) is 11.8 Å². The lowest BCUT2D eigenvalue weighted by atomic mass is 10.2. The Morgan fingerprint density at radius 3 is 2.52 bits per heavy atom. The van der Waals surface area contributed by atoms with Crippen LogP contribution in [0.25, 0.3) is 0 Å². The van der Waals surface area contributed by atoms with Crippen molar-refractivity contribution in [3.8, 4) is 11.8 Å². The van der Waals surface area contributed by atoms with Crippen molar-refractivity contribution in [3.63, 3.8) is 0 Å². The Hall–Kier alpha value is -3.52. The van der Waals surface area contributed by atoms with E-state index in [2.05, 4.69) is 17.2 Å². The first-order valence-electron chi connectivity index (χ1n) is 8.61. The molecule has 0 bridgehead atoms. The van der Waals surface area contributed by atoms with Gasteiger partial charge in [-0.2, -0.15) is 0 Å². The molecule has 138 valence electrons. The minimum absolute atomic E-state index is 0.267. The number of nitrogens with one attached hydrogen (secondary N) is 1. The summed E-state index contributed by atoms with van der Waals surface area (Å²) in [5.74, 6) is 5.11. The normalized spacial score (nSPS) is 9.96. The lowest BCUT2D eigenvalue weighted by Crippen LogP contribution is -2.04. The molecule has 0 aliphatic rings. The van der Waals surface area contributed by atoms with Crippen LogP contribution in [0.2, 0.25) is 0 Å². The molecule has 27 heavy (non-hydrogen) atoms. The molecule has 0 heterocycles. The van der Waals surface area contributed by atoms with E-state index in [1.54, 1.807) is 31.2 Å². The van der Waals surface area contributed by atoms with Crippen LogP contribution >= 0.6 is 0 Å². The molecule has 0 atom stereocenters. The Morgan fingerprint density at radius 1 is 1.07 bits per heavy atom. The van der Waals surface area contributed by atoms with E-state index in [4.69, 9.17) is 9.47 Å². The average Bonchev–Trinajstić information content (AvgIpc) is 2.69. The minimum atomic E-state index is -0.555. The number of anilines is 1. The van der Waals surface area contributed by atoms with Gasteiger partial charge in [0.05, 0.1) is 18.2 Å². The van der Waals surface area contributed by atoms with Gasteiger partial charge in [-0.3, -0.25) is 0 Å². The molecule has 0 spiro atoms. The highest BCUT2D eigenvalue weighted by molar-refractivity contribution is 5.90. The number of hydrogen-bond acceptors (Lipinski definition) is 5. The van der Waals surface area contributed by atoms with E-state index in [-0.39, 0.29) is 6.61 Å². The van der Waals surface area contributed by atoms with Crippen molar-refractivity contribution in [3.05, 3.63) is 78.1 Å². The summed E-state index contributed by atoms with van der Waals surface area (Å²) in [4.78, 5) is 23.0. The fraction of sp³-hybridized carbons (Fsp3) is 0.182. The highest BCUT2D eigenvalue weighted by Gasteiger charge is 2.05. The van der Waals surface area contributed by atoms with Crippen molar-refractivity contribution in [2.75, 3.05) is 18.5 Å². The minimum Gasteiger partial charge on any atom is -0.463 e. The van der Waals surface area contributed by atoms with Crippen molar-refractivity contribution in [1.29, 1.82) is 0 Å². The second-order valence-corrected chi connectivity index (χ2v) is 5.38. The number of benzene rings is 2. The second kappa shape index (κ2) is 11.2. The van der Waals surface area contributed by atoms with E-state index in [9.17, 15) is 9.59 Å². The third-order valence-corrected chi connectivity index (χ3v) is 3.37. The Morgan fingerprint density at radius 2 is 1.81 bits per heavy atom. The van der Waals surface area contributed by atoms with E-state index in [0.29, 0.717) is 18.5 Å². The maximum atomic E-state index is 11.9. The highest BCUT2D eigenvalue weighted by atomic mass is 16.5. The third-order valence-electron chi connectivity index (χ3n) is 3.37. The van der Waals surface area contributed by atoms with E-state index in [0.717, 1.165) is 23.6 Å². The van der Waals surface area contributed by atoms with Crippen LogP contribution in [0.3, 0.4) is 0 Å². The fourth-order valence-corrected chi connectivity index (χ4v) is 2.09. The summed E-state index contributed by atoms with van der Waals surface area (Å²) in [7, 11) is 0. The molecule has 0 aliphatic carbocycles. The Labute approximate surface area is 159 Å². The van der Waals surface area contributed by atoms with Crippen molar-refractivity contribution < 1.29 is 19.1 Å². The van der Waals surface area contributed by atoms with E-state index < -0.39 is 11.9 Å². The van der Waals surface area contributed by atoms with Gasteiger partial charge in [-0.1, -0.05) is 30.0 Å². The van der Waals surface area contributed by atoms with Crippen LogP contribution in [0.15, 0.2) is 66.9 Å². The summed E-state index contributed by atoms with van der Waals surface area (Å²) in [5.41, 5.74) is 2.27. The highest BCUT2D eigenvalue weighted by Crippen LogP contribution is 2.10. The average molecular weight is 363 g/mol. The van der Waals surface area contributed by atoms with Crippen LogP contribution in [0.5, 0.6) is 0 Å². The van der Waals surface area contributed by atoms with Gasteiger partial charge in [-0.05, 0) is 43.3 Å². The third kappa shape index (κ3) is 7.49. The molecule has 0 saturated carbocycles. The van der Waals surface area contributed by atoms with Gasteiger partial charge < -0.3 is 14.8 Å². The molecule has 0 unspecified atom stereocenters. The van der Waals surface area contributed by atoms with Gasteiger partial charge in [-0.25, -0.2) is 9.59 Å². The number of carbonyl (C=O) groups is 2. The summed E-state index contributed by atoms with van der Waals surface area (Å²) >= 11 is 0. The monoisotopic (exact) mass is 363 g/mol. The van der Waals surface area contributed by atoms with E-state index >= 15 is 0 Å². The van der Waals surface area contributed by atoms with Gasteiger partial charge in [-0.15, -0.1) is 0 Å². The molecule has 0 radical (unpaired) electrons. The first-order chi connectivity index (χ1) is 13.2. The summed E-state index contributed by atoms with van der Waals surface area (Å²) in [5, 5.41) is 3.24. The predicted octanol–water partition coefficient (Wildman–Crippen LogP) is 3.77. The molecular weight excluding hydrogens is 342 g/mol. The molecule has 0 aromatic heterocycles. The maximum absolute atomic E-state index is 11.9. The first kappa shape index (κ1) is 19.8. The Bertz CT molecular complexity index is 830. The second-order valence-electron chi connectivity index (χ2n) is 5.38. The van der Waals surface area contributed by atoms with Gasteiger partial charge >= 0.3 is 11.9 Å². The number of esters is 2. The van der Waals surface area contributed by atoms with Crippen molar-refractivity contribution in [2.24, 2.45) is 0 Å². The van der Waals surface area contributed by atoms with Crippen LogP contribution in [-0.4, -0.2) is 25.1 Å². The van der Waals surface area contributed by atoms with Gasteiger partial charge in [0.15, 0.2) is 0 Å². The quantitative estimate of drug-likeness (QED) is 0.267. The van der Waals surface area contributed by atoms with Crippen molar-refractivity contribution in [2.45, 2.75) is 13.3 Å². The van der Waals surface area contributed by atoms with Gasteiger partial charge in [0, 0.05) is 24.2 Å². The Kier molecular flexibility index (Phi) is 8.19. The molecule has 2 aromatic carbocycles. The molecule has 1 N–H and O–H groups in total. The molecule has 0 amide bonds. The SMILES string of the molecule is CCOC(=O)/C=C/OC(=O)c1ccc(NCCC#Cc2ccccc2)cc1. The zero-order valence-electron chi connectivity index (χ0n) is 15.1. The maximum Gasteiger partial charge on any atom is 0.342 e. The molecule has 5 nitrogen and oxygen atoms in total. The summed E-state index contributed by atoms with van der Waals surface area (Å²) in [6.07, 6.45) is 2.79. The van der Waals surface area contributed by atoms with Crippen molar-refractivity contribution in [1.82, 2.24) is 0 Å². The zero-order valence-corrected chi connectivity index (χ0v) is 15.1. The lowest BCUT2D eigenvalue weighted by Gasteiger charge is -2.05. The van der Waals surface area contributed by atoms with Gasteiger partial charge in [0.25, 0.3) is 0 Å².